The smallest absolute Gasteiger partial charge is 0.244 e. The van der Waals surface area contributed by atoms with Crippen molar-refractivity contribution in [2.75, 3.05) is 23.6 Å². The van der Waals surface area contributed by atoms with E-state index in [0.717, 1.165) is 21.4 Å². The monoisotopic (exact) mass is 472 g/mol. The first-order valence-corrected chi connectivity index (χ1v) is 11.0. The molecular formula is C21H21BrN4O2S. The fourth-order valence-corrected chi connectivity index (χ4v) is 4.80. The number of carbonyl (C=O) groups excluding carboxylic acids is 2. The number of hydrogen-bond acceptors (Lipinski definition) is 5. The fourth-order valence-electron chi connectivity index (χ4n) is 3.29. The lowest BCUT2D eigenvalue weighted by Crippen LogP contribution is -2.46. The molecule has 2 aliphatic heterocycles. The molecule has 0 aliphatic carbocycles. The van der Waals surface area contributed by atoms with Gasteiger partial charge in [0.15, 0.2) is 5.17 Å². The summed E-state index contributed by atoms with van der Waals surface area (Å²) in [4.78, 5) is 33.6. The first-order chi connectivity index (χ1) is 13.9. The van der Waals surface area contributed by atoms with Crippen LogP contribution in [0.3, 0.4) is 0 Å². The van der Waals surface area contributed by atoms with E-state index in [4.69, 9.17) is 0 Å². The molecule has 150 valence electrons. The molecule has 1 N–H and O–H groups in total. The normalized spacial score (nSPS) is 18.5. The Labute approximate surface area is 182 Å². The average molecular weight is 473 g/mol. The summed E-state index contributed by atoms with van der Waals surface area (Å²) in [7, 11) is 0. The quantitative estimate of drug-likeness (QED) is 0.726. The van der Waals surface area contributed by atoms with Gasteiger partial charge >= 0.3 is 0 Å². The third kappa shape index (κ3) is 4.33. The highest BCUT2D eigenvalue weighted by atomic mass is 79.9. The molecule has 1 saturated heterocycles. The van der Waals surface area contributed by atoms with Crippen molar-refractivity contribution in [3.05, 3.63) is 58.1 Å². The Kier molecular flexibility index (Phi) is 5.65. The summed E-state index contributed by atoms with van der Waals surface area (Å²) in [5.74, 6) is -0.230. The van der Waals surface area contributed by atoms with E-state index < -0.39 is 5.25 Å². The van der Waals surface area contributed by atoms with Gasteiger partial charge in [-0.15, -0.1) is 0 Å². The van der Waals surface area contributed by atoms with Crippen LogP contribution in [0.5, 0.6) is 0 Å². The number of anilines is 2. The topological polar surface area (TPSA) is 65.0 Å². The highest BCUT2D eigenvalue weighted by molar-refractivity contribution is 9.10. The zero-order chi connectivity index (χ0) is 20.5. The second kappa shape index (κ2) is 8.20. The van der Waals surface area contributed by atoms with E-state index in [1.54, 1.807) is 4.90 Å². The zero-order valence-corrected chi connectivity index (χ0v) is 18.6. The number of nitrogens with zero attached hydrogens (tertiary/aromatic N) is 3. The van der Waals surface area contributed by atoms with Crippen molar-refractivity contribution in [2.45, 2.75) is 25.5 Å². The van der Waals surface area contributed by atoms with Crippen molar-refractivity contribution in [3.63, 3.8) is 0 Å². The van der Waals surface area contributed by atoms with Gasteiger partial charge in [0, 0.05) is 22.3 Å². The van der Waals surface area contributed by atoms with Crippen LogP contribution >= 0.6 is 27.7 Å². The number of benzene rings is 2. The number of aliphatic imine (C=N–C) groups is 1. The Morgan fingerprint density at radius 2 is 2.07 bits per heavy atom. The summed E-state index contributed by atoms with van der Waals surface area (Å²) in [6.45, 7) is 4.97. The van der Waals surface area contributed by atoms with Gasteiger partial charge in [-0.3, -0.25) is 14.5 Å². The van der Waals surface area contributed by atoms with Gasteiger partial charge in [-0.2, -0.15) is 0 Å². The number of halogens is 1. The first kappa shape index (κ1) is 20.0. The second-order valence-corrected chi connectivity index (χ2v) is 9.25. The average Bonchev–Trinajstić information content (AvgIpc) is 2.99. The van der Waals surface area contributed by atoms with Crippen molar-refractivity contribution in [1.82, 2.24) is 4.90 Å². The van der Waals surface area contributed by atoms with Crippen LogP contribution in [-0.2, 0) is 9.59 Å². The number of amidine groups is 1. The molecule has 0 aromatic heterocycles. The lowest BCUT2D eigenvalue weighted by atomic mass is 10.1. The second-order valence-electron chi connectivity index (χ2n) is 7.17. The van der Waals surface area contributed by atoms with Crippen molar-refractivity contribution in [3.8, 4) is 0 Å². The molecule has 0 spiro atoms. The van der Waals surface area contributed by atoms with Gasteiger partial charge in [0.1, 0.15) is 18.6 Å². The molecule has 2 heterocycles. The lowest BCUT2D eigenvalue weighted by Gasteiger charge is -2.32. The molecule has 4 rings (SSSR count). The molecule has 8 heteroatoms. The van der Waals surface area contributed by atoms with Crippen LogP contribution < -0.4 is 10.2 Å². The van der Waals surface area contributed by atoms with E-state index in [1.165, 1.54) is 17.3 Å². The van der Waals surface area contributed by atoms with Crippen LogP contribution in [0, 0.1) is 13.8 Å². The molecule has 1 unspecified atom stereocenters. The van der Waals surface area contributed by atoms with Gasteiger partial charge in [-0.25, -0.2) is 4.99 Å². The van der Waals surface area contributed by atoms with E-state index in [9.17, 15) is 9.59 Å². The SMILES string of the molecule is Cc1ccc(NC(=O)CC2SC3=NCN(c4cccc(Br)c4)CN3C2=O)cc1C. The number of fused-ring (bicyclic) bond motifs is 1. The number of amides is 2. The number of nitrogens with one attached hydrogen (secondary N) is 1. The van der Waals surface area contributed by atoms with Crippen molar-refractivity contribution < 1.29 is 9.59 Å². The van der Waals surface area contributed by atoms with E-state index in [-0.39, 0.29) is 18.2 Å². The molecule has 0 radical (unpaired) electrons. The Bertz CT molecular complexity index is 1010. The zero-order valence-electron chi connectivity index (χ0n) is 16.2. The Morgan fingerprint density at radius 1 is 1.24 bits per heavy atom. The molecule has 1 fully saturated rings. The predicted molar refractivity (Wildman–Crippen MR) is 121 cm³/mol. The number of rotatable bonds is 4. The summed E-state index contributed by atoms with van der Waals surface area (Å²) < 4.78 is 0.979. The minimum Gasteiger partial charge on any atom is -0.334 e. The maximum absolute atomic E-state index is 12.9. The summed E-state index contributed by atoms with van der Waals surface area (Å²) in [5.41, 5.74) is 4.04. The van der Waals surface area contributed by atoms with E-state index in [0.29, 0.717) is 18.5 Å². The highest BCUT2D eigenvalue weighted by Crippen LogP contribution is 2.33. The molecule has 2 aromatic rings. The largest absolute Gasteiger partial charge is 0.334 e. The van der Waals surface area contributed by atoms with E-state index in [2.05, 4.69) is 26.2 Å². The molecule has 6 nitrogen and oxygen atoms in total. The van der Waals surface area contributed by atoms with Crippen LogP contribution in [-0.4, -0.2) is 40.5 Å². The maximum atomic E-state index is 12.9. The van der Waals surface area contributed by atoms with Gasteiger partial charge in [0.05, 0.1) is 0 Å². The van der Waals surface area contributed by atoms with Gasteiger partial charge in [0.25, 0.3) is 0 Å². The number of thioether (sulfide) groups is 1. The first-order valence-electron chi connectivity index (χ1n) is 9.31. The predicted octanol–water partition coefficient (Wildman–Crippen LogP) is 4.13. The van der Waals surface area contributed by atoms with E-state index in [1.807, 2.05) is 61.2 Å². The van der Waals surface area contributed by atoms with Gasteiger partial charge in [-0.1, -0.05) is 39.8 Å². The molecule has 0 bridgehead atoms. The summed E-state index contributed by atoms with van der Waals surface area (Å²) >= 11 is 4.85. The minimum absolute atomic E-state index is 0.0660. The fraction of sp³-hybridized carbons (Fsp3) is 0.286. The molecule has 2 amide bonds. The Balaban J connectivity index is 1.40. The van der Waals surface area contributed by atoms with Crippen LogP contribution in [0.4, 0.5) is 11.4 Å². The van der Waals surface area contributed by atoms with Crippen LogP contribution in [0.15, 0.2) is 51.9 Å². The van der Waals surface area contributed by atoms with Crippen LogP contribution in [0.25, 0.3) is 0 Å². The third-order valence-corrected chi connectivity index (χ3v) is 6.75. The van der Waals surface area contributed by atoms with Gasteiger partial charge in [-0.05, 0) is 55.3 Å². The molecule has 1 atom stereocenters. The maximum Gasteiger partial charge on any atom is 0.244 e. The number of aryl methyl sites for hydroxylation is 2. The summed E-state index contributed by atoms with van der Waals surface area (Å²) in [5, 5.41) is 3.16. The minimum atomic E-state index is -0.442. The molecular weight excluding hydrogens is 452 g/mol. The van der Waals surface area contributed by atoms with Crippen molar-refractivity contribution in [2.24, 2.45) is 4.99 Å². The lowest BCUT2D eigenvalue weighted by molar-refractivity contribution is -0.128. The Morgan fingerprint density at radius 3 is 2.83 bits per heavy atom. The Hall–Kier alpha value is -2.32. The molecule has 29 heavy (non-hydrogen) atoms. The molecule has 0 saturated carbocycles. The molecule has 2 aliphatic rings. The van der Waals surface area contributed by atoms with Gasteiger partial charge < -0.3 is 10.2 Å². The highest BCUT2D eigenvalue weighted by Gasteiger charge is 2.41. The standard InChI is InChI=1S/C21H21BrN4O2S/c1-13-6-7-16(8-14(13)2)24-19(27)10-18-20(28)26-12-25(11-23-21(26)29-18)17-5-3-4-15(22)9-17/h3-9,18H,10-12H2,1-2H3,(H,24,27). The van der Waals surface area contributed by atoms with Gasteiger partial charge in [0.2, 0.25) is 11.8 Å². The van der Waals surface area contributed by atoms with Crippen molar-refractivity contribution >= 4 is 56.0 Å². The number of carbonyl (C=O) groups is 2. The van der Waals surface area contributed by atoms with Crippen LogP contribution in [0.2, 0.25) is 0 Å². The third-order valence-electron chi connectivity index (χ3n) is 5.04. The summed E-state index contributed by atoms with van der Waals surface area (Å²) in [6.07, 6.45) is 0.128. The van der Waals surface area contributed by atoms with E-state index >= 15 is 0 Å². The number of hydrogen-bond donors (Lipinski definition) is 1. The molecule has 2 aromatic carbocycles. The summed E-state index contributed by atoms with van der Waals surface area (Å²) in [6, 6.07) is 13.7. The van der Waals surface area contributed by atoms with Crippen LogP contribution in [0.1, 0.15) is 17.5 Å². The van der Waals surface area contributed by atoms with Crippen molar-refractivity contribution in [1.29, 1.82) is 0 Å².